The molecule has 0 aliphatic heterocycles. The highest BCUT2D eigenvalue weighted by Crippen LogP contribution is 2.39. The summed E-state index contributed by atoms with van der Waals surface area (Å²) in [6.45, 7) is 5.74. The van der Waals surface area contributed by atoms with E-state index in [9.17, 15) is 9.59 Å². The van der Waals surface area contributed by atoms with Crippen molar-refractivity contribution in [1.29, 1.82) is 0 Å². The quantitative estimate of drug-likeness (QED) is 0.823. The molecule has 0 radical (unpaired) electrons. The molecule has 1 aromatic heterocycles. The molecule has 0 spiro atoms. The van der Waals surface area contributed by atoms with Crippen LogP contribution in [0.3, 0.4) is 0 Å². The summed E-state index contributed by atoms with van der Waals surface area (Å²) in [6.07, 6.45) is 1.72. The van der Waals surface area contributed by atoms with Crippen LogP contribution in [0.1, 0.15) is 55.7 Å². The summed E-state index contributed by atoms with van der Waals surface area (Å²) in [6, 6.07) is 6.51. The maximum atomic E-state index is 13.3. The lowest BCUT2D eigenvalue weighted by atomic mass is 10.00. The van der Waals surface area contributed by atoms with Crippen LogP contribution in [0.25, 0.3) is 0 Å². The van der Waals surface area contributed by atoms with Gasteiger partial charge in [0.2, 0.25) is 5.91 Å². The SMILES string of the molecule is COc1ccccc1[C@@H](C(=O)NC(C)(C)C)N(C(=O)c1csnn1)C1CC1. The van der Waals surface area contributed by atoms with Gasteiger partial charge < -0.3 is 15.0 Å². The molecular formula is C19H24N4O3S. The Balaban J connectivity index is 2.06. The van der Waals surface area contributed by atoms with Gasteiger partial charge in [0.25, 0.3) is 5.91 Å². The second-order valence-electron chi connectivity index (χ2n) is 7.62. The number of hydrogen-bond donors (Lipinski definition) is 1. The number of carbonyl (C=O) groups excluding carboxylic acids is 2. The van der Waals surface area contributed by atoms with Crippen LogP contribution in [0, 0.1) is 0 Å². The smallest absolute Gasteiger partial charge is 0.276 e. The first-order valence-corrected chi connectivity index (χ1v) is 9.70. The van der Waals surface area contributed by atoms with E-state index in [0.29, 0.717) is 11.3 Å². The summed E-state index contributed by atoms with van der Waals surface area (Å²) in [5.41, 5.74) is 0.484. The number of rotatable bonds is 6. The molecule has 1 atom stereocenters. The van der Waals surface area contributed by atoms with Crippen LogP contribution in [0.2, 0.25) is 0 Å². The van der Waals surface area contributed by atoms with Gasteiger partial charge in [0.15, 0.2) is 5.69 Å². The fourth-order valence-electron chi connectivity index (χ4n) is 2.98. The van der Waals surface area contributed by atoms with Gasteiger partial charge in [-0.05, 0) is 51.2 Å². The monoisotopic (exact) mass is 388 g/mol. The number of ether oxygens (including phenoxy) is 1. The zero-order valence-corrected chi connectivity index (χ0v) is 16.7. The lowest BCUT2D eigenvalue weighted by molar-refractivity contribution is -0.127. The van der Waals surface area contributed by atoms with Crippen molar-refractivity contribution in [3.63, 3.8) is 0 Å². The van der Waals surface area contributed by atoms with Crippen molar-refractivity contribution in [3.05, 3.63) is 40.9 Å². The second-order valence-corrected chi connectivity index (χ2v) is 8.23. The van der Waals surface area contributed by atoms with E-state index in [2.05, 4.69) is 14.9 Å². The van der Waals surface area contributed by atoms with Crippen LogP contribution in [0.15, 0.2) is 29.6 Å². The van der Waals surface area contributed by atoms with Crippen LogP contribution in [-0.2, 0) is 4.79 Å². The minimum atomic E-state index is -0.804. The molecule has 0 saturated heterocycles. The molecule has 2 aromatic rings. The van der Waals surface area contributed by atoms with Gasteiger partial charge in [0.1, 0.15) is 11.8 Å². The van der Waals surface area contributed by atoms with Gasteiger partial charge in [0.05, 0.1) is 7.11 Å². The van der Waals surface area contributed by atoms with E-state index < -0.39 is 11.6 Å². The maximum Gasteiger partial charge on any atom is 0.276 e. The molecule has 3 rings (SSSR count). The van der Waals surface area contributed by atoms with Crippen molar-refractivity contribution in [3.8, 4) is 5.75 Å². The van der Waals surface area contributed by atoms with Gasteiger partial charge in [-0.25, -0.2) is 0 Å². The van der Waals surface area contributed by atoms with Crippen molar-refractivity contribution in [2.24, 2.45) is 0 Å². The van der Waals surface area contributed by atoms with Gasteiger partial charge in [-0.15, -0.1) is 5.10 Å². The van der Waals surface area contributed by atoms with E-state index in [1.807, 2.05) is 39.0 Å². The molecule has 1 aliphatic rings. The largest absolute Gasteiger partial charge is 0.496 e. The molecule has 7 nitrogen and oxygen atoms in total. The first kappa shape index (κ1) is 19.3. The number of hydrogen-bond acceptors (Lipinski definition) is 6. The van der Waals surface area contributed by atoms with Crippen LogP contribution >= 0.6 is 11.5 Å². The minimum Gasteiger partial charge on any atom is -0.496 e. The summed E-state index contributed by atoms with van der Waals surface area (Å²) in [5, 5.41) is 8.53. The third kappa shape index (κ3) is 4.44. The van der Waals surface area contributed by atoms with Crippen LogP contribution < -0.4 is 10.1 Å². The van der Waals surface area contributed by atoms with Crippen molar-refractivity contribution in [2.75, 3.05) is 7.11 Å². The molecule has 27 heavy (non-hydrogen) atoms. The minimum absolute atomic E-state index is 0.000157. The first-order valence-electron chi connectivity index (χ1n) is 8.86. The number of carbonyl (C=O) groups is 2. The number of nitrogens with one attached hydrogen (secondary N) is 1. The molecule has 1 N–H and O–H groups in total. The number of amides is 2. The maximum absolute atomic E-state index is 13.3. The van der Waals surface area contributed by atoms with Crippen molar-refractivity contribution >= 4 is 23.3 Å². The third-order valence-electron chi connectivity index (χ3n) is 4.21. The average Bonchev–Trinajstić information content (AvgIpc) is 3.29. The molecule has 1 saturated carbocycles. The third-order valence-corrected chi connectivity index (χ3v) is 4.72. The molecule has 0 bridgehead atoms. The number of methoxy groups -OCH3 is 1. The Morgan fingerprint density at radius 2 is 2.00 bits per heavy atom. The van der Waals surface area contributed by atoms with Crippen molar-refractivity contribution in [2.45, 2.75) is 51.2 Å². The average molecular weight is 388 g/mol. The van der Waals surface area contributed by atoms with Crippen LogP contribution in [0.4, 0.5) is 0 Å². The highest BCUT2D eigenvalue weighted by atomic mass is 32.1. The number of para-hydroxylation sites is 1. The second kappa shape index (κ2) is 7.64. The molecular weight excluding hydrogens is 364 g/mol. The summed E-state index contributed by atoms with van der Waals surface area (Å²) in [4.78, 5) is 28.1. The summed E-state index contributed by atoms with van der Waals surface area (Å²) >= 11 is 1.12. The van der Waals surface area contributed by atoms with Gasteiger partial charge in [-0.3, -0.25) is 9.59 Å². The Bertz CT molecular complexity index is 813. The molecule has 2 amide bonds. The lowest BCUT2D eigenvalue weighted by Gasteiger charge is -2.34. The Morgan fingerprint density at radius 1 is 1.30 bits per heavy atom. The van der Waals surface area contributed by atoms with E-state index in [1.54, 1.807) is 23.5 Å². The number of benzene rings is 1. The molecule has 1 fully saturated rings. The number of nitrogens with zero attached hydrogens (tertiary/aromatic N) is 3. The van der Waals surface area contributed by atoms with Crippen molar-refractivity contribution < 1.29 is 14.3 Å². The van der Waals surface area contributed by atoms with E-state index in [1.165, 1.54) is 0 Å². The zero-order valence-electron chi connectivity index (χ0n) is 15.9. The van der Waals surface area contributed by atoms with Gasteiger partial charge in [-0.1, -0.05) is 22.7 Å². The normalized spacial score (nSPS) is 15.1. The van der Waals surface area contributed by atoms with Gasteiger partial charge in [0, 0.05) is 22.5 Å². The van der Waals surface area contributed by atoms with E-state index >= 15 is 0 Å². The van der Waals surface area contributed by atoms with Gasteiger partial charge in [-0.2, -0.15) is 0 Å². The standard InChI is InChI=1S/C19H24N4O3S/c1-19(2,3)20-17(24)16(13-7-5-6-8-15(13)26-4)23(12-9-10-12)18(25)14-11-27-22-21-14/h5-8,11-12,16H,9-10H2,1-4H3,(H,20,24)/t16-/m0/s1. The Morgan fingerprint density at radius 3 is 2.56 bits per heavy atom. The van der Waals surface area contributed by atoms with Crippen molar-refractivity contribution in [1.82, 2.24) is 19.8 Å². The van der Waals surface area contributed by atoms with E-state index in [-0.39, 0.29) is 23.6 Å². The Labute approximate surface area is 162 Å². The molecule has 1 heterocycles. The summed E-state index contributed by atoms with van der Waals surface area (Å²) in [5.74, 6) is 0.0445. The fourth-order valence-corrected chi connectivity index (χ4v) is 3.41. The Hall–Kier alpha value is -2.48. The molecule has 1 aromatic carbocycles. The predicted molar refractivity (Wildman–Crippen MR) is 103 cm³/mol. The highest BCUT2D eigenvalue weighted by Gasteiger charge is 2.43. The molecule has 8 heteroatoms. The summed E-state index contributed by atoms with van der Waals surface area (Å²) < 4.78 is 9.28. The van der Waals surface area contributed by atoms with Gasteiger partial charge >= 0.3 is 0 Å². The molecule has 144 valence electrons. The van der Waals surface area contributed by atoms with E-state index in [0.717, 1.165) is 24.4 Å². The molecule has 1 aliphatic carbocycles. The van der Waals surface area contributed by atoms with Crippen LogP contribution in [-0.4, -0.2) is 45.0 Å². The van der Waals surface area contributed by atoms with E-state index in [4.69, 9.17) is 4.74 Å². The lowest BCUT2D eigenvalue weighted by Crippen LogP contribution is -2.50. The first-order chi connectivity index (χ1) is 12.8. The fraction of sp³-hybridized carbons (Fsp3) is 0.474. The topological polar surface area (TPSA) is 84.4 Å². The predicted octanol–water partition coefficient (Wildman–Crippen LogP) is 2.81. The highest BCUT2D eigenvalue weighted by molar-refractivity contribution is 7.03. The molecule has 0 unspecified atom stereocenters. The summed E-state index contributed by atoms with van der Waals surface area (Å²) in [7, 11) is 1.56. The number of aromatic nitrogens is 2. The van der Waals surface area contributed by atoms with Crippen LogP contribution in [0.5, 0.6) is 5.75 Å². The zero-order chi connectivity index (χ0) is 19.6. The Kier molecular flexibility index (Phi) is 5.46.